The number of aromatic nitrogens is 4. The number of benzene rings is 1. The van der Waals surface area contributed by atoms with Crippen molar-refractivity contribution in [3.05, 3.63) is 47.9 Å². The smallest absolute Gasteiger partial charge is 0.178 e. The Morgan fingerprint density at radius 3 is 2.52 bits per heavy atom. The van der Waals surface area contributed by atoms with Crippen molar-refractivity contribution in [3.63, 3.8) is 0 Å². The van der Waals surface area contributed by atoms with Gasteiger partial charge in [-0.2, -0.15) is 0 Å². The van der Waals surface area contributed by atoms with E-state index in [0.717, 1.165) is 46.7 Å². The predicted octanol–water partition coefficient (Wildman–Crippen LogP) is 6.85. The summed E-state index contributed by atoms with van der Waals surface area (Å²) in [6.45, 7) is 7.26. The van der Waals surface area contributed by atoms with Crippen LogP contribution < -0.4 is 5.32 Å². The second-order valence-corrected chi connectivity index (χ2v) is 6.67. The first-order chi connectivity index (χ1) is 12.1. The number of rotatable bonds is 5. The molecule has 0 aliphatic heterocycles. The lowest BCUT2D eigenvalue weighted by molar-refractivity contribution is 0.534. The molecule has 0 aliphatic carbocycles. The van der Waals surface area contributed by atoms with Crippen LogP contribution in [0.3, 0.4) is 0 Å². The van der Waals surface area contributed by atoms with E-state index in [1.165, 1.54) is 10.9 Å². The molecule has 0 spiro atoms. The third kappa shape index (κ3) is 5.24. The van der Waals surface area contributed by atoms with Crippen LogP contribution in [0.4, 0.5) is 0 Å². The van der Waals surface area contributed by atoms with Gasteiger partial charge in [0, 0.05) is 40.9 Å². The number of fused-ring (bicyclic) bond motifs is 2. The highest BCUT2D eigenvalue weighted by Crippen LogP contribution is 2.29. The second kappa shape index (κ2) is 10.8. The van der Waals surface area contributed by atoms with Crippen molar-refractivity contribution < 1.29 is 0 Å². The number of nitrogens with zero attached hydrogens (tertiary/aromatic N) is 2. The largest absolute Gasteiger partial charge is 0.354 e. The van der Waals surface area contributed by atoms with Gasteiger partial charge in [0.2, 0.25) is 0 Å². The summed E-state index contributed by atoms with van der Waals surface area (Å²) in [5, 5.41) is 4.77. The van der Waals surface area contributed by atoms with Crippen LogP contribution in [0.15, 0.2) is 36.5 Å². The fourth-order valence-corrected chi connectivity index (χ4v) is 3.12. The third-order valence-corrected chi connectivity index (χ3v) is 4.75. The maximum absolute atomic E-state index is 4.43. The number of imidazole rings is 1. The first-order valence-corrected chi connectivity index (χ1v) is 8.80. The average molecular weight is 398 g/mol. The quantitative estimate of drug-likeness (QED) is 0.345. The van der Waals surface area contributed by atoms with Crippen molar-refractivity contribution >= 4 is 22.1 Å². The normalized spacial score (nSPS) is 11.1. The van der Waals surface area contributed by atoms with Crippen molar-refractivity contribution in [2.24, 2.45) is 0 Å². The molecule has 0 fully saturated rings. The van der Waals surface area contributed by atoms with Gasteiger partial charge in [0.15, 0.2) is 5.65 Å². The molecule has 5 nitrogen and oxygen atoms in total. The van der Waals surface area contributed by atoms with E-state index in [1.807, 2.05) is 19.2 Å². The van der Waals surface area contributed by atoms with E-state index in [1.54, 1.807) is 0 Å². The topological polar surface area (TPSA) is 69.4 Å². The molecule has 0 saturated carbocycles. The van der Waals surface area contributed by atoms with E-state index in [4.69, 9.17) is 0 Å². The summed E-state index contributed by atoms with van der Waals surface area (Å²) in [5.41, 5.74) is 6.36. The van der Waals surface area contributed by atoms with Gasteiger partial charge in [-0.15, -0.1) is 0 Å². The Labute approximate surface area is 176 Å². The summed E-state index contributed by atoms with van der Waals surface area (Å²) in [7, 11) is 0. The molecule has 0 aliphatic rings. The van der Waals surface area contributed by atoms with Crippen LogP contribution in [-0.2, 0) is 6.54 Å². The van der Waals surface area contributed by atoms with Gasteiger partial charge in [-0.05, 0) is 50.1 Å². The van der Waals surface area contributed by atoms with Gasteiger partial charge in [-0.25, -0.2) is 9.97 Å². The maximum Gasteiger partial charge on any atom is 0.178 e. The molecule has 3 N–H and O–H groups in total. The number of H-pyrrole nitrogens is 2. The van der Waals surface area contributed by atoms with Gasteiger partial charge in [-0.3, -0.25) is 0 Å². The Balaban J connectivity index is 0.00000196. The molecule has 1 aromatic carbocycles. The van der Waals surface area contributed by atoms with Crippen molar-refractivity contribution in [2.75, 3.05) is 0 Å². The van der Waals surface area contributed by atoms with Crippen molar-refractivity contribution in [1.29, 1.82) is 0 Å². The van der Waals surface area contributed by atoms with Gasteiger partial charge in [0.1, 0.15) is 5.82 Å². The number of aromatic amines is 2. The molecule has 3 heterocycles. The molecule has 3 aromatic heterocycles. The number of aryl methyl sites for hydroxylation is 1. The summed E-state index contributed by atoms with van der Waals surface area (Å²) in [4.78, 5) is 15.6. The molecular weight excluding hydrogens is 358 g/mol. The summed E-state index contributed by atoms with van der Waals surface area (Å²) >= 11 is 0. The van der Waals surface area contributed by atoms with Gasteiger partial charge in [-0.1, -0.05) is 42.7 Å². The molecule has 0 amide bonds. The third-order valence-electron chi connectivity index (χ3n) is 4.75. The fraction of sp³-hybridized carbons (Fsp3) is 0.417. The zero-order valence-electron chi connectivity index (χ0n) is 14.9. The molecule has 0 radical (unpaired) electrons. The minimum Gasteiger partial charge on any atom is -0.354 e. The molecule has 4 aromatic rings. The van der Waals surface area contributed by atoms with Gasteiger partial charge < -0.3 is 15.3 Å². The molecule has 160 valence electrons. The molecular formula is C24H39N5. The SMILES string of the molecule is C.C.C.C.CC[C@H](C)NCc1ccc2[nH]c(-c3ccnc4nc(C)[nH]c34)cc2c1. The highest BCUT2D eigenvalue weighted by molar-refractivity contribution is 5.94. The summed E-state index contributed by atoms with van der Waals surface area (Å²) < 4.78 is 0. The zero-order chi connectivity index (χ0) is 17.4. The first-order valence-electron chi connectivity index (χ1n) is 8.80. The summed E-state index contributed by atoms with van der Waals surface area (Å²) in [5.74, 6) is 0.879. The van der Waals surface area contributed by atoms with Crippen molar-refractivity contribution in [3.8, 4) is 11.3 Å². The fourth-order valence-electron chi connectivity index (χ4n) is 3.12. The Hall–Kier alpha value is -2.66. The summed E-state index contributed by atoms with van der Waals surface area (Å²) in [6, 6.07) is 11.3. The highest BCUT2D eigenvalue weighted by Gasteiger charge is 2.11. The van der Waals surface area contributed by atoms with Crippen LogP contribution in [0.2, 0.25) is 0 Å². The Bertz CT molecular complexity index is 1030. The number of pyridine rings is 1. The predicted molar refractivity (Wildman–Crippen MR) is 129 cm³/mol. The zero-order valence-corrected chi connectivity index (χ0v) is 14.9. The van der Waals surface area contributed by atoms with Crippen LogP contribution in [-0.4, -0.2) is 26.0 Å². The Morgan fingerprint density at radius 1 is 1.03 bits per heavy atom. The van der Waals surface area contributed by atoms with Crippen LogP contribution in [0.25, 0.3) is 33.3 Å². The Kier molecular flexibility index (Phi) is 9.78. The molecule has 1 atom stereocenters. The Morgan fingerprint density at radius 2 is 1.79 bits per heavy atom. The second-order valence-electron chi connectivity index (χ2n) is 6.67. The standard InChI is InChI=1S/C20H23N5.4CH4/c1-4-12(2)22-11-14-5-6-17-15(9-14)10-18(25-17)16-7-8-21-20-19(16)23-13(3)24-20;;;;/h5-10,12,22,25H,4,11H2,1-3H3,(H,21,23,24);4*1H4/t12-;;;;/m0..../s1. The summed E-state index contributed by atoms with van der Waals surface area (Å²) in [6.07, 6.45) is 2.95. The molecule has 29 heavy (non-hydrogen) atoms. The lowest BCUT2D eigenvalue weighted by Crippen LogP contribution is -2.24. The van der Waals surface area contributed by atoms with Gasteiger partial charge >= 0.3 is 0 Å². The number of hydrogen-bond acceptors (Lipinski definition) is 3. The van der Waals surface area contributed by atoms with Crippen molar-refractivity contribution in [2.45, 2.75) is 69.5 Å². The minimum atomic E-state index is 0. The monoisotopic (exact) mass is 397 g/mol. The van der Waals surface area contributed by atoms with E-state index in [-0.39, 0.29) is 29.7 Å². The van der Waals surface area contributed by atoms with E-state index in [9.17, 15) is 0 Å². The number of hydrogen-bond donors (Lipinski definition) is 3. The van der Waals surface area contributed by atoms with Gasteiger partial charge in [0.25, 0.3) is 0 Å². The van der Waals surface area contributed by atoms with E-state index >= 15 is 0 Å². The minimum absolute atomic E-state index is 0. The molecule has 4 rings (SSSR count). The average Bonchev–Trinajstić information content (AvgIpc) is 3.20. The van der Waals surface area contributed by atoms with Crippen molar-refractivity contribution in [1.82, 2.24) is 25.3 Å². The number of nitrogens with one attached hydrogen (secondary N) is 3. The van der Waals surface area contributed by atoms with Crippen LogP contribution >= 0.6 is 0 Å². The van der Waals surface area contributed by atoms with E-state index < -0.39 is 0 Å². The van der Waals surface area contributed by atoms with Crippen LogP contribution in [0.5, 0.6) is 0 Å². The van der Waals surface area contributed by atoms with Gasteiger partial charge in [0.05, 0.1) is 5.52 Å². The van der Waals surface area contributed by atoms with E-state index in [0.29, 0.717) is 6.04 Å². The first kappa shape index (κ1) is 26.3. The highest BCUT2D eigenvalue weighted by atomic mass is 15.0. The molecule has 0 bridgehead atoms. The molecule has 0 saturated heterocycles. The maximum atomic E-state index is 4.43. The van der Waals surface area contributed by atoms with Crippen LogP contribution in [0.1, 0.15) is 61.4 Å². The lowest BCUT2D eigenvalue weighted by atomic mass is 10.1. The van der Waals surface area contributed by atoms with E-state index in [2.05, 4.69) is 63.4 Å². The molecule has 5 heteroatoms. The molecule has 0 unspecified atom stereocenters. The lowest BCUT2D eigenvalue weighted by Gasteiger charge is -2.11. The van der Waals surface area contributed by atoms with Crippen LogP contribution in [0, 0.1) is 6.92 Å².